The molecule has 0 N–H and O–H groups in total. The first kappa shape index (κ1) is 13.5. The van der Waals surface area contributed by atoms with Crippen LogP contribution in [0.3, 0.4) is 0 Å². The lowest BCUT2D eigenvalue weighted by molar-refractivity contribution is 0.377. The van der Waals surface area contributed by atoms with Crippen molar-refractivity contribution in [2.75, 3.05) is 7.11 Å². The van der Waals surface area contributed by atoms with Crippen molar-refractivity contribution in [2.24, 2.45) is 0 Å². The molecule has 0 saturated heterocycles. The molecule has 100 valence electrons. The van der Waals surface area contributed by atoms with Crippen LogP contribution in [0, 0.1) is 6.92 Å². The quantitative estimate of drug-likeness (QED) is 0.773. The normalized spacial score (nSPS) is 10.6. The van der Waals surface area contributed by atoms with Gasteiger partial charge in [-0.1, -0.05) is 38.1 Å². The molecule has 2 nitrogen and oxygen atoms in total. The van der Waals surface area contributed by atoms with Crippen molar-refractivity contribution in [2.45, 2.75) is 26.7 Å². The van der Waals surface area contributed by atoms with E-state index in [4.69, 9.17) is 9.47 Å². The lowest BCUT2D eigenvalue weighted by Crippen LogP contribution is -1.96. The summed E-state index contributed by atoms with van der Waals surface area (Å²) in [4.78, 5) is 0. The van der Waals surface area contributed by atoms with E-state index in [1.807, 2.05) is 24.3 Å². The molecule has 19 heavy (non-hydrogen) atoms. The fraction of sp³-hybridized carbons (Fsp3) is 0.294. The summed E-state index contributed by atoms with van der Waals surface area (Å²) in [6.45, 7) is 6.40. The highest BCUT2D eigenvalue weighted by molar-refractivity contribution is 5.46. The Hall–Kier alpha value is -1.96. The second-order valence-corrected chi connectivity index (χ2v) is 4.95. The molecule has 0 radical (unpaired) electrons. The van der Waals surface area contributed by atoms with Gasteiger partial charge in [0.1, 0.15) is 5.75 Å². The van der Waals surface area contributed by atoms with Gasteiger partial charge in [-0.3, -0.25) is 0 Å². The minimum atomic E-state index is 0.422. The largest absolute Gasteiger partial charge is 0.493 e. The van der Waals surface area contributed by atoms with Crippen LogP contribution in [0.25, 0.3) is 0 Å². The summed E-state index contributed by atoms with van der Waals surface area (Å²) >= 11 is 0. The molecular weight excluding hydrogens is 236 g/mol. The van der Waals surface area contributed by atoms with Gasteiger partial charge in [0.05, 0.1) is 7.11 Å². The summed E-state index contributed by atoms with van der Waals surface area (Å²) < 4.78 is 11.4. The average Bonchev–Trinajstić information content (AvgIpc) is 2.39. The molecule has 0 aromatic heterocycles. The van der Waals surface area contributed by atoms with E-state index in [0.717, 1.165) is 17.2 Å². The molecule has 2 aromatic carbocycles. The van der Waals surface area contributed by atoms with Crippen molar-refractivity contribution in [3.8, 4) is 17.2 Å². The SMILES string of the molecule is COc1ccccc1Oc1cc(C)ccc1C(C)C. The van der Waals surface area contributed by atoms with E-state index in [-0.39, 0.29) is 0 Å². The smallest absolute Gasteiger partial charge is 0.169 e. The Morgan fingerprint density at radius 2 is 1.58 bits per heavy atom. The second kappa shape index (κ2) is 5.79. The van der Waals surface area contributed by atoms with E-state index in [9.17, 15) is 0 Å². The third kappa shape index (κ3) is 3.08. The van der Waals surface area contributed by atoms with Gasteiger partial charge in [0.25, 0.3) is 0 Å². The first-order chi connectivity index (χ1) is 9.11. The minimum Gasteiger partial charge on any atom is -0.493 e. The Balaban J connectivity index is 2.39. The number of benzene rings is 2. The minimum absolute atomic E-state index is 0.422. The van der Waals surface area contributed by atoms with E-state index in [2.05, 4.69) is 39.0 Å². The molecule has 0 amide bonds. The van der Waals surface area contributed by atoms with Crippen molar-refractivity contribution < 1.29 is 9.47 Å². The van der Waals surface area contributed by atoms with Crippen LogP contribution in [0.1, 0.15) is 30.9 Å². The van der Waals surface area contributed by atoms with E-state index in [1.165, 1.54) is 11.1 Å². The molecule has 0 unspecified atom stereocenters. The number of rotatable bonds is 4. The van der Waals surface area contributed by atoms with Crippen LogP contribution in [0.15, 0.2) is 42.5 Å². The molecule has 0 aliphatic rings. The van der Waals surface area contributed by atoms with Crippen LogP contribution in [0.5, 0.6) is 17.2 Å². The number of aryl methyl sites for hydroxylation is 1. The Kier molecular flexibility index (Phi) is 4.10. The van der Waals surface area contributed by atoms with E-state index in [0.29, 0.717) is 5.92 Å². The fourth-order valence-electron chi connectivity index (χ4n) is 2.03. The number of hydrogen-bond donors (Lipinski definition) is 0. The van der Waals surface area contributed by atoms with Crippen LogP contribution >= 0.6 is 0 Å². The van der Waals surface area contributed by atoms with Crippen LogP contribution in [0.4, 0.5) is 0 Å². The molecule has 0 spiro atoms. The maximum Gasteiger partial charge on any atom is 0.169 e. The van der Waals surface area contributed by atoms with Crippen LogP contribution in [-0.2, 0) is 0 Å². The second-order valence-electron chi connectivity index (χ2n) is 4.95. The summed E-state index contributed by atoms with van der Waals surface area (Å²) in [5.41, 5.74) is 2.39. The highest BCUT2D eigenvalue weighted by Crippen LogP contribution is 2.35. The van der Waals surface area contributed by atoms with Gasteiger partial charge in [-0.25, -0.2) is 0 Å². The molecular formula is C17H20O2. The first-order valence-electron chi connectivity index (χ1n) is 6.53. The zero-order chi connectivity index (χ0) is 13.8. The molecule has 0 fully saturated rings. The Morgan fingerprint density at radius 1 is 0.895 bits per heavy atom. The van der Waals surface area contributed by atoms with Gasteiger partial charge in [-0.15, -0.1) is 0 Å². The molecule has 0 heterocycles. The monoisotopic (exact) mass is 256 g/mol. The lowest BCUT2D eigenvalue weighted by Gasteiger charge is -2.16. The van der Waals surface area contributed by atoms with E-state index >= 15 is 0 Å². The third-order valence-electron chi connectivity index (χ3n) is 3.08. The Bertz CT molecular complexity index is 559. The standard InChI is InChI=1S/C17H20O2/c1-12(2)14-10-9-13(3)11-17(14)19-16-8-6-5-7-15(16)18-4/h5-12H,1-4H3. The zero-order valence-electron chi connectivity index (χ0n) is 11.9. The molecule has 0 atom stereocenters. The van der Waals surface area contributed by atoms with Crippen molar-refractivity contribution in [3.05, 3.63) is 53.6 Å². The van der Waals surface area contributed by atoms with Crippen LogP contribution in [0.2, 0.25) is 0 Å². The topological polar surface area (TPSA) is 18.5 Å². The zero-order valence-corrected chi connectivity index (χ0v) is 11.9. The maximum atomic E-state index is 6.05. The number of ether oxygens (including phenoxy) is 2. The Labute approximate surface area is 115 Å². The van der Waals surface area contributed by atoms with Gasteiger partial charge in [0.2, 0.25) is 0 Å². The van der Waals surface area contributed by atoms with E-state index < -0.39 is 0 Å². The van der Waals surface area contributed by atoms with Gasteiger partial charge in [-0.2, -0.15) is 0 Å². The summed E-state index contributed by atoms with van der Waals surface area (Å²) in [5, 5.41) is 0. The highest BCUT2D eigenvalue weighted by Gasteiger charge is 2.11. The first-order valence-corrected chi connectivity index (χ1v) is 6.53. The molecule has 2 rings (SSSR count). The van der Waals surface area contributed by atoms with Gasteiger partial charge in [0, 0.05) is 0 Å². The summed E-state index contributed by atoms with van der Waals surface area (Å²) in [7, 11) is 1.65. The van der Waals surface area contributed by atoms with E-state index in [1.54, 1.807) is 7.11 Å². The average molecular weight is 256 g/mol. The molecule has 0 bridgehead atoms. The van der Waals surface area contributed by atoms with Gasteiger partial charge in [0.15, 0.2) is 11.5 Å². The maximum absolute atomic E-state index is 6.05. The summed E-state index contributed by atoms with van der Waals surface area (Å²) in [5.74, 6) is 2.82. The predicted octanol–water partition coefficient (Wildman–Crippen LogP) is 4.92. The van der Waals surface area contributed by atoms with Crippen LogP contribution < -0.4 is 9.47 Å². The number of hydrogen-bond acceptors (Lipinski definition) is 2. The van der Waals surface area contributed by atoms with Crippen molar-refractivity contribution in [1.82, 2.24) is 0 Å². The molecule has 2 aromatic rings. The molecule has 0 aliphatic heterocycles. The van der Waals surface area contributed by atoms with Crippen molar-refractivity contribution in [1.29, 1.82) is 0 Å². The lowest BCUT2D eigenvalue weighted by atomic mass is 10.0. The third-order valence-corrected chi connectivity index (χ3v) is 3.08. The van der Waals surface area contributed by atoms with Crippen molar-refractivity contribution >= 4 is 0 Å². The molecule has 2 heteroatoms. The predicted molar refractivity (Wildman–Crippen MR) is 78.3 cm³/mol. The van der Waals surface area contributed by atoms with Gasteiger partial charge >= 0.3 is 0 Å². The molecule has 0 aliphatic carbocycles. The fourth-order valence-corrected chi connectivity index (χ4v) is 2.03. The van der Waals surface area contributed by atoms with Crippen molar-refractivity contribution in [3.63, 3.8) is 0 Å². The highest BCUT2D eigenvalue weighted by atomic mass is 16.5. The summed E-state index contributed by atoms with van der Waals surface area (Å²) in [6, 6.07) is 14.0. The van der Waals surface area contributed by atoms with Gasteiger partial charge < -0.3 is 9.47 Å². The number of para-hydroxylation sites is 2. The molecule has 0 saturated carbocycles. The number of methoxy groups -OCH3 is 1. The Morgan fingerprint density at radius 3 is 2.21 bits per heavy atom. The van der Waals surface area contributed by atoms with Crippen LogP contribution in [-0.4, -0.2) is 7.11 Å². The summed E-state index contributed by atoms with van der Waals surface area (Å²) in [6.07, 6.45) is 0. The van der Waals surface area contributed by atoms with Gasteiger partial charge in [-0.05, 0) is 42.2 Å².